The molecule has 0 bridgehead atoms. The van der Waals surface area contributed by atoms with Crippen molar-refractivity contribution >= 4 is 16.9 Å². The first-order valence-electron chi connectivity index (χ1n) is 7.12. The summed E-state index contributed by atoms with van der Waals surface area (Å²) in [6.07, 6.45) is 7.89. The number of rotatable bonds is 3. The van der Waals surface area contributed by atoms with Gasteiger partial charge in [-0.25, -0.2) is 0 Å². The summed E-state index contributed by atoms with van der Waals surface area (Å²) in [7, 11) is 0. The third-order valence-electron chi connectivity index (χ3n) is 3.99. The molecule has 3 unspecified atom stereocenters. The molecule has 1 saturated heterocycles. The molecule has 0 radical (unpaired) electrons. The van der Waals surface area contributed by atoms with Crippen molar-refractivity contribution in [2.45, 2.75) is 70.9 Å². The van der Waals surface area contributed by atoms with Gasteiger partial charge in [0.2, 0.25) is 0 Å². The number of nitrogens with zero attached hydrogens (tertiary/aromatic N) is 1. The highest BCUT2D eigenvalue weighted by Crippen LogP contribution is 2.38. The van der Waals surface area contributed by atoms with E-state index in [9.17, 15) is 0 Å². The Morgan fingerprint density at radius 3 is 3.12 bits per heavy atom. The van der Waals surface area contributed by atoms with Crippen LogP contribution in [0.25, 0.3) is 0 Å². The SMILES string of the molecule is CCCC(C)N=C1NC2(CCCC(C)C2)CS1. The predicted octanol–water partition coefficient (Wildman–Crippen LogP) is 3.82. The number of nitrogens with one attached hydrogen (secondary N) is 1. The molecule has 2 aliphatic rings. The molecule has 2 rings (SSSR count). The molecular weight excluding hydrogens is 228 g/mol. The molecule has 1 heterocycles. The Morgan fingerprint density at radius 2 is 2.41 bits per heavy atom. The molecule has 0 aromatic carbocycles. The smallest absolute Gasteiger partial charge is 0.157 e. The zero-order valence-electron chi connectivity index (χ0n) is 11.5. The first-order valence-corrected chi connectivity index (χ1v) is 8.11. The minimum atomic E-state index is 0.382. The second-order valence-corrected chi connectivity index (χ2v) is 6.93. The van der Waals surface area contributed by atoms with Gasteiger partial charge >= 0.3 is 0 Å². The summed E-state index contributed by atoms with van der Waals surface area (Å²) < 4.78 is 0. The predicted molar refractivity (Wildman–Crippen MR) is 77.8 cm³/mol. The summed E-state index contributed by atoms with van der Waals surface area (Å²) in [6, 6.07) is 0.478. The lowest BCUT2D eigenvalue weighted by Gasteiger charge is -2.36. The first-order chi connectivity index (χ1) is 8.13. The highest BCUT2D eigenvalue weighted by atomic mass is 32.2. The maximum Gasteiger partial charge on any atom is 0.157 e. The van der Waals surface area contributed by atoms with Crippen LogP contribution in [0.3, 0.4) is 0 Å². The lowest BCUT2D eigenvalue weighted by atomic mass is 9.78. The molecule has 2 nitrogen and oxygen atoms in total. The molecule has 1 aliphatic heterocycles. The lowest BCUT2D eigenvalue weighted by molar-refractivity contribution is 0.242. The molecule has 98 valence electrons. The Balaban J connectivity index is 1.94. The maximum absolute atomic E-state index is 4.81. The van der Waals surface area contributed by atoms with Gasteiger partial charge < -0.3 is 5.32 Å². The van der Waals surface area contributed by atoms with Crippen LogP contribution < -0.4 is 5.32 Å². The fraction of sp³-hybridized carbons (Fsp3) is 0.929. The van der Waals surface area contributed by atoms with Gasteiger partial charge in [-0.1, -0.05) is 44.9 Å². The quantitative estimate of drug-likeness (QED) is 0.828. The van der Waals surface area contributed by atoms with E-state index in [1.165, 1.54) is 49.4 Å². The Morgan fingerprint density at radius 1 is 1.59 bits per heavy atom. The summed E-state index contributed by atoms with van der Waals surface area (Å²) in [4.78, 5) is 4.81. The minimum absolute atomic E-state index is 0.382. The van der Waals surface area contributed by atoms with E-state index in [2.05, 4.69) is 26.1 Å². The van der Waals surface area contributed by atoms with Crippen LogP contribution in [0.15, 0.2) is 4.99 Å². The zero-order chi connectivity index (χ0) is 12.3. The van der Waals surface area contributed by atoms with Gasteiger partial charge in [0.1, 0.15) is 0 Å². The lowest BCUT2D eigenvalue weighted by Crippen LogP contribution is -2.47. The average Bonchev–Trinajstić information content (AvgIpc) is 2.61. The van der Waals surface area contributed by atoms with Crippen LogP contribution in [-0.2, 0) is 0 Å². The molecule has 3 atom stereocenters. The van der Waals surface area contributed by atoms with Crippen LogP contribution in [0.2, 0.25) is 0 Å². The van der Waals surface area contributed by atoms with E-state index in [1.807, 2.05) is 11.8 Å². The fourth-order valence-corrected chi connectivity index (χ4v) is 4.45. The largest absolute Gasteiger partial charge is 0.359 e. The Labute approximate surface area is 110 Å². The maximum atomic E-state index is 4.81. The van der Waals surface area contributed by atoms with Crippen molar-refractivity contribution in [3.63, 3.8) is 0 Å². The molecule has 2 fully saturated rings. The van der Waals surface area contributed by atoms with Gasteiger partial charge in [0.15, 0.2) is 5.17 Å². The standard InChI is InChI=1S/C14H26N2S/c1-4-6-12(3)15-13-16-14(10-17-13)8-5-7-11(2)9-14/h11-12H,4-10H2,1-3H3,(H,15,16). The molecule has 1 spiro atoms. The topological polar surface area (TPSA) is 24.4 Å². The monoisotopic (exact) mass is 254 g/mol. The Kier molecular flexibility index (Phi) is 4.40. The van der Waals surface area contributed by atoms with Crippen LogP contribution in [0.5, 0.6) is 0 Å². The van der Waals surface area contributed by atoms with Crippen molar-refractivity contribution in [1.29, 1.82) is 0 Å². The molecule has 0 amide bonds. The zero-order valence-corrected chi connectivity index (χ0v) is 12.3. The van der Waals surface area contributed by atoms with Gasteiger partial charge in [-0.3, -0.25) is 4.99 Å². The van der Waals surface area contributed by atoms with Crippen LogP contribution in [0.1, 0.15) is 59.3 Å². The van der Waals surface area contributed by atoms with Crippen LogP contribution in [0, 0.1) is 5.92 Å². The van der Waals surface area contributed by atoms with Crippen LogP contribution in [0.4, 0.5) is 0 Å². The van der Waals surface area contributed by atoms with E-state index in [0.29, 0.717) is 11.6 Å². The molecule has 1 N–H and O–H groups in total. The third kappa shape index (κ3) is 3.40. The molecule has 3 heteroatoms. The van der Waals surface area contributed by atoms with Crippen LogP contribution >= 0.6 is 11.8 Å². The summed E-state index contributed by atoms with van der Waals surface area (Å²) in [5, 5.41) is 4.95. The van der Waals surface area contributed by atoms with E-state index in [1.54, 1.807) is 0 Å². The summed E-state index contributed by atoms with van der Waals surface area (Å²) in [6.45, 7) is 6.85. The van der Waals surface area contributed by atoms with E-state index in [-0.39, 0.29) is 0 Å². The number of hydrogen-bond acceptors (Lipinski definition) is 2. The number of amidine groups is 1. The van der Waals surface area contributed by atoms with E-state index >= 15 is 0 Å². The van der Waals surface area contributed by atoms with Gasteiger partial charge in [-0.2, -0.15) is 0 Å². The summed E-state index contributed by atoms with van der Waals surface area (Å²) >= 11 is 1.94. The Bertz CT molecular complexity index is 290. The minimum Gasteiger partial charge on any atom is -0.359 e. The van der Waals surface area contributed by atoms with E-state index in [0.717, 1.165) is 5.92 Å². The number of hydrogen-bond donors (Lipinski definition) is 1. The van der Waals surface area contributed by atoms with E-state index in [4.69, 9.17) is 4.99 Å². The Hall–Kier alpha value is -0.180. The fourth-order valence-electron chi connectivity index (χ4n) is 3.16. The molecule has 1 aliphatic carbocycles. The molecule has 0 aromatic heterocycles. The first kappa shape index (κ1) is 13.3. The van der Waals surface area contributed by atoms with Crippen molar-refractivity contribution in [1.82, 2.24) is 5.32 Å². The van der Waals surface area contributed by atoms with Gasteiger partial charge in [0.05, 0.1) is 0 Å². The van der Waals surface area contributed by atoms with E-state index < -0.39 is 0 Å². The summed E-state index contributed by atoms with van der Waals surface area (Å²) in [5.41, 5.74) is 0.382. The van der Waals surface area contributed by atoms with Crippen molar-refractivity contribution in [3.05, 3.63) is 0 Å². The van der Waals surface area contributed by atoms with Crippen molar-refractivity contribution in [2.24, 2.45) is 10.9 Å². The molecular formula is C14H26N2S. The summed E-state index contributed by atoms with van der Waals surface area (Å²) in [5.74, 6) is 2.11. The number of aliphatic imine (C=N–C) groups is 1. The van der Waals surface area contributed by atoms with Crippen LogP contribution in [-0.4, -0.2) is 22.5 Å². The van der Waals surface area contributed by atoms with Crippen molar-refractivity contribution in [3.8, 4) is 0 Å². The highest BCUT2D eigenvalue weighted by molar-refractivity contribution is 8.14. The number of thioether (sulfide) groups is 1. The third-order valence-corrected chi connectivity index (χ3v) is 5.17. The molecule has 0 aromatic rings. The molecule has 17 heavy (non-hydrogen) atoms. The normalized spacial score (nSPS) is 37.4. The van der Waals surface area contributed by atoms with Gasteiger partial charge in [0, 0.05) is 17.3 Å². The second kappa shape index (κ2) is 5.64. The van der Waals surface area contributed by atoms with Gasteiger partial charge in [-0.05, 0) is 32.1 Å². The second-order valence-electron chi connectivity index (χ2n) is 5.97. The van der Waals surface area contributed by atoms with Gasteiger partial charge in [-0.15, -0.1) is 0 Å². The molecule has 1 saturated carbocycles. The average molecular weight is 254 g/mol. The van der Waals surface area contributed by atoms with Crippen molar-refractivity contribution < 1.29 is 0 Å². The van der Waals surface area contributed by atoms with Crippen molar-refractivity contribution in [2.75, 3.05) is 5.75 Å². The van der Waals surface area contributed by atoms with Gasteiger partial charge in [0.25, 0.3) is 0 Å². The highest BCUT2D eigenvalue weighted by Gasteiger charge is 2.40.